The highest BCUT2D eigenvalue weighted by molar-refractivity contribution is 7.64. The summed E-state index contributed by atoms with van der Waals surface area (Å²) in [6, 6.07) is -0.595. The van der Waals surface area contributed by atoms with Crippen LogP contribution in [-0.2, 0) is 13.1 Å². The van der Waals surface area contributed by atoms with Crippen LogP contribution in [0.5, 0.6) is 0 Å². The summed E-state index contributed by atoms with van der Waals surface area (Å²) in [5, 5.41) is 7.79. The molecule has 0 aliphatic carbocycles. The smallest absolute Gasteiger partial charge is 0.333 e. The zero-order valence-corrected chi connectivity index (χ0v) is 11.6. The Balaban J connectivity index is 2.37. The molecule has 0 saturated heterocycles. The predicted molar refractivity (Wildman–Crippen MR) is 66.8 cm³/mol. The molecule has 0 atom stereocenters. The summed E-state index contributed by atoms with van der Waals surface area (Å²) in [7, 11) is 0. The molecule has 3 nitrogen and oxygen atoms in total. The molecule has 1 heterocycles. The van der Waals surface area contributed by atoms with Crippen molar-refractivity contribution in [3.05, 3.63) is 24.0 Å². The van der Waals surface area contributed by atoms with Crippen LogP contribution in [0.1, 0.15) is 12.5 Å². The molecule has 0 bridgehead atoms. The van der Waals surface area contributed by atoms with Gasteiger partial charge >= 0.3 is 6.00 Å². The van der Waals surface area contributed by atoms with Gasteiger partial charge in [-0.05, 0) is 18.1 Å². The highest BCUT2D eigenvalue weighted by Gasteiger charge is 2.24. The first-order valence-electron chi connectivity index (χ1n) is 4.56. The normalized spacial score (nSPS) is 12.5. The van der Waals surface area contributed by atoms with Crippen LogP contribution < -0.4 is 0 Å². The topological polar surface area (TPSA) is 29.6 Å². The van der Waals surface area contributed by atoms with Crippen molar-refractivity contribution in [2.45, 2.75) is 20.0 Å². The van der Waals surface area contributed by atoms with Crippen molar-refractivity contribution in [1.29, 1.82) is 0 Å². The van der Waals surface area contributed by atoms with E-state index in [-0.39, 0.29) is 6.17 Å². The fraction of sp³-hybridized carbons (Fsp3) is 0.500. The van der Waals surface area contributed by atoms with Gasteiger partial charge in [0.2, 0.25) is 0 Å². The molecule has 0 aliphatic heterocycles. The largest absolute Gasteiger partial charge is 0.363 e. The van der Waals surface area contributed by atoms with Gasteiger partial charge in [-0.1, -0.05) is 6.92 Å². The van der Waals surface area contributed by atoms with Crippen LogP contribution in [0, 0.1) is 0 Å². The van der Waals surface area contributed by atoms with Crippen molar-refractivity contribution in [2.75, 3.05) is 6.17 Å². The first-order chi connectivity index (χ1) is 7.01. The summed E-state index contributed by atoms with van der Waals surface area (Å²) in [4.78, 5) is 0. The monoisotopic (exact) mass is 283 g/mol. The van der Waals surface area contributed by atoms with Crippen molar-refractivity contribution in [3.8, 4) is 0 Å². The van der Waals surface area contributed by atoms with Gasteiger partial charge in [0.1, 0.15) is 6.67 Å². The van der Waals surface area contributed by atoms with E-state index in [1.165, 1.54) is 5.56 Å². The molecule has 0 fully saturated rings. The minimum Gasteiger partial charge on any atom is -0.333 e. The van der Waals surface area contributed by atoms with E-state index in [1.807, 2.05) is 17.0 Å². The summed E-state index contributed by atoms with van der Waals surface area (Å²) in [6.07, 6.45) is 5.24. The van der Waals surface area contributed by atoms with Crippen LogP contribution in [0.3, 0.4) is 0 Å². The van der Waals surface area contributed by atoms with E-state index in [0.29, 0.717) is 6.67 Å². The summed E-state index contributed by atoms with van der Waals surface area (Å²) in [6.45, 7) is 2.59. The first-order valence-corrected chi connectivity index (χ1v) is 9.80. The van der Waals surface area contributed by atoms with Gasteiger partial charge in [-0.2, -0.15) is 10.2 Å². The number of rotatable bonds is 5. The Bertz CT molecular complexity index is 332. The molecule has 0 unspecified atom stereocenters. The molecule has 0 aliphatic rings. The Morgan fingerprint density at radius 3 is 2.60 bits per heavy atom. The SMILES string of the molecule is CCc1ccn(C/N=N/C[Si](Cl)(Cl)Cl)c1. The number of hydrogen-bond acceptors (Lipinski definition) is 2. The van der Waals surface area contributed by atoms with Gasteiger partial charge in [0.05, 0.1) is 6.17 Å². The van der Waals surface area contributed by atoms with Crippen molar-refractivity contribution in [2.24, 2.45) is 10.2 Å². The van der Waals surface area contributed by atoms with E-state index >= 15 is 0 Å². The maximum Gasteiger partial charge on any atom is 0.363 e. The molecule has 1 aromatic heterocycles. The summed E-state index contributed by atoms with van der Waals surface area (Å²) in [5.41, 5.74) is 1.28. The van der Waals surface area contributed by atoms with Gasteiger partial charge in [0.25, 0.3) is 0 Å². The maximum absolute atomic E-state index is 5.65. The lowest BCUT2D eigenvalue weighted by molar-refractivity contribution is 0.693. The van der Waals surface area contributed by atoms with Crippen LogP contribution in [-0.4, -0.2) is 16.7 Å². The van der Waals surface area contributed by atoms with Crippen LogP contribution in [0.15, 0.2) is 28.7 Å². The number of azo groups is 1. The van der Waals surface area contributed by atoms with Gasteiger partial charge in [0.15, 0.2) is 0 Å². The Hall–Kier alpha value is -0.0331. The average Bonchev–Trinajstić information content (AvgIpc) is 2.59. The van der Waals surface area contributed by atoms with Gasteiger partial charge in [-0.3, -0.25) is 0 Å². The van der Waals surface area contributed by atoms with E-state index < -0.39 is 6.00 Å². The predicted octanol–water partition coefficient (Wildman–Crippen LogP) is 3.65. The first kappa shape index (κ1) is 13.0. The molecule has 1 aromatic rings. The van der Waals surface area contributed by atoms with Crippen LogP contribution in [0.2, 0.25) is 0 Å². The minimum absolute atomic E-state index is 0.222. The lowest BCUT2D eigenvalue weighted by Crippen LogP contribution is -2.14. The molecule has 0 saturated carbocycles. The van der Waals surface area contributed by atoms with Crippen molar-refractivity contribution >= 4 is 39.2 Å². The van der Waals surface area contributed by atoms with E-state index in [9.17, 15) is 0 Å². The number of halogens is 3. The summed E-state index contributed by atoms with van der Waals surface area (Å²) < 4.78 is 1.95. The van der Waals surface area contributed by atoms with E-state index in [1.54, 1.807) is 0 Å². The third-order valence-corrected chi connectivity index (χ3v) is 3.37. The van der Waals surface area contributed by atoms with E-state index in [4.69, 9.17) is 33.2 Å². The molecule has 7 heteroatoms. The summed E-state index contributed by atoms with van der Waals surface area (Å²) >= 11 is 17.0. The third-order valence-electron chi connectivity index (χ3n) is 1.80. The highest BCUT2D eigenvalue weighted by Crippen LogP contribution is 2.19. The average molecular weight is 285 g/mol. The van der Waals surface area contributed by atoms with Crippen LogP contribution in [0.4, 0.5) is 0 Å². The number of aryl methyl sites for hydroxylation is 1. The molecule has 0 spiro atoms. The molecule has 84 valence electrons. The van der Waals surface area contributed by atoms with E-state index in [2.05, 4.69) is 23.2 Å². The Morgan fingerprint density at radius 2 is 2.07 bits per heavy atom. The highest BCUT2D eigenvalue weighted by atomic mass is 35.8. The van der Waals surface area contributed by atoms with Crippen LogP contribution in [0.25, 0.3) is 0 Å². The quantitative estimate of drug-likeness (QED) is 0.449. The molecular formula is C8H12Cl3N3Si. The molecule has 0 aromatic carbocycles. The molecule has 1 rings (SSSR count). The standard InChI is InChI=1S/C8H12Cl3N3Si/c1-2-8-3-4-14(5-8)6-12-13-7-15(9,10)11/h3-5H,2,6-7H2,1H3/b13-12+. The van der Waals surface area contributed by atoms with Gasteiger partial charge in [-0.15, -0.1) is 33.2 Å². The van der Waals surface area contributed by atoms with E-state index in [0.717, 1.165) is 6.42 Å². The molecular weight excluding hydrogens is 273 g/mol. The molecule has 0 radical (unpaired) electrons. The fourth-order valence-corrected chi connectivity index (χ4v) is 1.78. The maximum atomic E-state index is 5.65. The Morgan fingerprint density at radius 1 is 1.33 bits per heavy atom. The van der Waals surface area contributed by atoms with Crippen molar-refractivity contribution < 1.29 is 0 Å². The van der Waals surface area contributed by atoms with Crippen molar-refractivity contribution in [3.63, 3.8) is 0 Å². The molecule has 0 N–H and O–H groups in total. The lowest BCUT2D eigenvalue weighted by Gasteiger charge is -2.00. The zero-order chi connectivity index (χ0) is 11.3. The third kappa shape index (κ3) is 5.56. The number of hydrogen-bond donors (Lipinski definition) is 0. The second-order valence-electron chi connectivity index (χ2n) is 3.09. The van der Waals surface area contributed by atoms with Gasteiger partial charge in [0, 0.05) is 12.4 Å². The summed E-state index contributed by atoms with van der Waals surface area (Å²) in [5.74, 6) is 0. The zero-order valence-electron chi connectivity index (χ0n) is 8.33. The van der Waals surface area contributed by atoms with Crippen LogP contribution >= 0.6 is 33.2 Å². The Labute approximate surface area is 104 Å². The minimum atomic E-state index is -2.65. The second kappa shape index (κ2) is 5.89. The molecule has 0 amide bonds. The number of aromatic nitrogens is 1. The second-order valence-corrected chi connectivity index (χ2v) is 12.2. The number of nitrogens with zero attached hydrogens (tertiary/aromatic N) is 3. The van der Waals surface area contributed by atoms with Gasteiger partial charge < -0.3 is 4.57 Å². The molecule has 15 heavy (non-hydrogen) atoms. The fourth-order valence-electron chi connectivity index (χ4n) is 1.04. The lowest BCUT2D eigenvalue weighted by atomic mass is 10.3. The van der Waals surface area contributed by atoms with Gasteiger partial charge in [-0.25, -0.2) is 0 Å². The Kier molecular flexibility index (Phi) is 5.12. The van der Waals surface area contributed by atoms with Crippen molar-refractivity contribution in [1.82, 2.24) is 4.57 Å².